The molecule has 0 aliphatic rings. The highest BCUT2D eigenvalue weighted by Gasteiger charge is 2.16. The van der Waals surface area contributed by atoms with Crippen LogP contribution in [0.1, 0.15) is 5.01 Å². The van der Waals surface area contributed by atoms with Crippen molar-refractivity contribution in [2.75, 3.05) is 32.0 Å². The van der Waals surface area contributed by atoms with Crippen molar-refractivity contribution in [3.63, 3.8) is 0 Å². The third-order valence-electron chi connectivity index (χ3n) is 5.18. The van der Waals surface area contributed by atoms with Gasteiger partial charge in [0.2, 0.25) is 5.75 Å². The van der Waals surface area contributed by atoms with E-state index in [1.54, 1.807) is 35.6 Å². The number of ether oxygens (including phenoxy) is 3. The first-order valence-electron chi connectivity index (χ1n) is 10.6. The maximum atomic E-state index is 13.4. The summed E-state index contributed by atoms with van der Waals surface area (Å²) in [5, 5.41) is 6.49. The molecule has 180 valence electrons. The molecule has 0 saturated heterocycles. The molecule has 0 spiro atoms. The van der Waals surface area contributed by atoms with Gasteiger partial charge in [-0.2, -0.15) is 0 Å². The molecular formula is C26H24FN3O4S. The van der Waals surface area contributed by atoms with E-state index in [0.717, 1.165) is 26.7 Å². The topological polar surface area (TPSA) is 81.7 Å². The summed E-state index contributed by atoms with van der Waals surface area (Å²) in [6.07, 6.45) is 0. The molecule has 0 aliphatic heterocycles. The van der Waals surface area contributed by atoms with Gasteiger partial charge in [-0.1, -0.05) is 12.1 Å². The fourth-order valence-electron chi connectivity index (χ4n) is 3.58. The number of aromatic nitrogens is 1. The van der Waals surface area contributed by atoms with Gasteiger partial charge in [0.25, 0.3) is 0 Å². The number of halogens is 1. The molecule has 7 nitrogen and oxygen atoms in total. The number of nitrogens with one attached hydrogen (secondary N) is 2. The molecule has 9 heteroatoms. The molecule has 0 aliphatic carbocycles. The number of methoxy groups -OCH3 is 3. The zero-order valence-electron chi connectivity index (χ0n) is 19.6. The highest BCUT2D eigenvalue weighted by molar-refractivity contribution is 7.15. The molecule has 0 saturated carbocycles. The minimum atomic E-state index is -0.423. The van der Waals surface area contributed by atoms with Crippen molar-refractivity contribution < 1.29 is 23.4 Å². The molecule has 4 rings (SSSR count). The monoisotopic (exact) mass is 493 g/mol. The van der Waals surface area contributed by atoms with E-state index >= 15 is 0 Å². The van der Waals surface area contributed by atoms with Gasteiger partial charge in [-0.05, 0) is 48.9 Å². The van der Waals surface area contributed by atoms with Gasteiger partial charge in [-0.15, -0.1) is 11.3 Å². The van der Waals surface area contributed by atoms with Crippen molar-refractivity contribution in [3.8, 4) is 38.9 Å². The second-order valence-corrected chi connectivity index (χ2v) is 8.69. The number of rotatable bonds is 7. The average Bonchev–Trinajstić information content (AvgIpc) is 3.25. The van der Waals surface area contributed by atoms with Crippen LogP contribution in [0.15, 0.2) is 60.7 Å². The molecule has 0 bridgehead atoms. The van der Waals surface area contributed by atoms with Gasteiger partial charge in [0.05, 0.1) is 42.6 Å². The predicted molar refractivity (Wildman–Crippen MR) is 136 cm³/mol. The minimum Gasteiger partial charge on any atom is -0.493 e. The Bertz CT molecular complexity index is 1310. The van der Waals surface area contributed by atoms with E-state index in [1.165, 1.54) is 33.5 Å². The molecule has 35 heavy (non-hydrogen) atoms. The SMILES string of the molecule is COc1cc(NC(=O)Nc2ccc(-c3sc(C)nc3-c3ccc(F)cc3)cc2)cc(OC)c1OC. The molecule has 4 aromatic rings. The Morgan fingerprint density at radius 1 is 0.829 bits per heavy atom. The first-order valence-corrected chi connectivity index (χ1v) is 11.4. The second kappa shape index (κ2) is 10.4. The van der Waals surface area contributed by atoms with Crippen molar-refractivity contribution in [1.29, 1.82) is 0 Å². The van der Waals surface area contributed by atoms with Crippen LogP contribution in [0.2, 0.25) is 0 Å². The number of urea groups is 1. The van der Waals surface area contributed by atoms with E-state index in [9.17, 15) is 9.18 Å². The van der Waals surface area contributed by atoms with Gasteiger partial charge >= 0.3 is 6.03 Å². The molecule has 2 N–H and O–H groups in total. The molecule has 1 heterocycles. The molecule has 0 unspecified atom stereocenters. The largest absolute Gasteiger partial charge is 0.493 e. The number of amides is 2. The number of carbonyl (C=O) groups is 1. The van der Waals surface area contributed by atoms with Crippen LogP contribution in [0.5, 0.6) is 17.2 Å². The van der Waals surface area contributed by atoms with E-state index in [2.05, 4.69) is 15.6 Å². The number of benzene rings is 3. The van der Waals surface area contributed by atoms with Crippen LogP contribution in [0.3, 0.4) is 0 Å². The standard InChI is InChI=1S/C26H24FN3O4S/c1-15-28-23(16-5-9-18(27)10-6-16)25(35-15)17-7-11-19(12-8-17)29-26(31)30-20-13-21(32-2)24(34-4)22(14-20)33-3/h5-14H,1-4H3,(H2,29,30,31). The number of nitrogens with zero attached hydrogens (tertiary/aromatic N) is 1. The van der Waals surface area contributed by atoms with Crippen molar-refractivity contribution in [2.24, 2.45) is 0 Å². The van der Waals surface area contributed by atoms with Crippen LogP contribution in [0.25, 0.3) is 21.7 Å². The van der Waals surface area contributed by atoms with Crippen LogP contribution >= 0.6 is 11.3 Å². The van der Waals surface area contributed by atoms with Crippen LogP contribution in [-0.2, 0) is 0 Å². The zero-order chi connectivity index (χ0) is 24.9. The number of hydrogen-bond acceptors (Lipinski definition) is 6. The van der Waals surface area contributed by atoms with Crippen LogP contribution in [-0.4, -0.2) is 32.3 Å². The van der Waals surface area contributed by atoms with Gasteiger partial charge < -0.3 is 24.8 Å². The maximum absolute atomic E-state index is 13.4. The lowest BCUT2D eigenvalue weighted by molar-refractivity contribution is 0.262. The van der Waals surface area contributed by atoms with E-state index in [-0.39, 0.29) is 5.82 Å². The first-order chi connectivity index (χ1) is 16.9. The number of thiazole rings is 1. The molecule has 0 fully saturated rings. The third-order valence-corrected chi connectivity index (χ3v) is 6.20. The van der Waals surface area contributed by atoms with E-state index in [1.807, 2.05) is 31.2 Å². The summed E-state index contributed by atoms with van der Waals surface area (Å²) in [6.45, 7) is 1.94. The van der Waals surface area contributed by atoms with Gasteiger partial charge in [-0.3, -0.25) is 0 Å². The van der Waals surface area contributed by atoms with Crippen molar-refractivity contribution >= 4 is 28.7 Å². The molecule has 0 radical (unpaired) electrons. The van der Waals surface area contributed by atoms with Gasteiger partial charge in [0.1, 0.15) is 5.82 Å². The summed E-state index contributed by atoms with van der Waals surface area (Å²) in [5.41, 5.74) is 3.69. The minimum absolute atomic E-state index is 0.289. The van der Waals surface area contributed by atoms with Crippen LogP contribution in [0.4, 0.5) is 20.6 Å². The Labute approximate surface area is 206 Å². The number of carbonyl (C=O) groups excluding carboxylic acids is 1. The molecular weight excluding hydrogens is 469 g/mol. The number of aryl methyl sites for hydroxylation is 1. The summed E-state index contributed by atoms with van der Waals surface area (Å²) >= 11 is 1.56. The smallest absolute Gasteiger partial charge is 0.323 e. The Balaban J connectivity index is 1.50. The lowest BCUT2D eigenvalue weighted by Crippen LogP contribution is -2.19. The summed E-state index contributed by atoms with van der Waals surface area (Å²) in [5.74, 6) is 1.02. The van der Waals surface area contributed by atoms with Crippen molar-refractivity contribution in [1.82, 2.24) is 4.98 Å². The summed E-state index contributed by atoms with van der Waals surface area (Å²) < 4.78 is 29.3. The van der Waals surface area contributed by atoms with Gasteiger partial charge in [0, 0.05) is 23.4 Å². The maximum Gasteiger partial charge on any atom is 0.323 e. The number of anilines is 2. The summed E-state index contributed by atoms with van der Waals surface area (Å²) in [4.78, 5) is 18.2. The first kappa shape index (κ1) is 24.0. The predicted octanol–water partition coefficient (Wildman–Crippen LogP) is 6.59. The zero-order valence-corrected chi connectivity index (χ0v) is 20.5. The molecule has 2 amide bonds. The van der Waals surface area contributed by atoms with Gasteiger partial charge in [0.15, 0.2) is 11.5 Å². The van der Waals surface area contributed by atoms with E-state index < -0.39 is 6.03 Å². The van der Waals surface area contributed by atoms with Crippen LogP contribution in [0, 0.1) is 12.7 Å². The van der Waals surface area contributed by atoms with Gasteiger partial charge in [-0.25, -0.2) is 14.2 Å². The third kappa shape index (κ3) is 5.36. The molecule has 1 aromatic heterocycles. The Morgan fingerprint density at radius 3 is 1.97 bits per heavy atom. The highest BCUT2D eigenvalue weighted by Crippen LogP contribution is 2.40. The fraction of sp³-hybridized carbons (Fsp3) is 0.154. The van der Waals surface area contributed by atoms with Crippen molar-refractivity contribution in [2.45, 2.75) is 6.92 Å². The Kier molecular flexibility index (Phi) is 7.17. The summed E-state index contributed by atoms with van der Waals surface area (Å²) in [7, 11) is 4.53. The van der Waals surface area contributed by atoms with E-state index in [4.69, 9.17) is 14.2 Å². The lowest BCUT2D eigenvalue weighted by Gasteiger charge is -2.15. The van der Waals surface area contributed by atoms with Crippen molar-refractivity contribution in [3.05, 3.63) is 71.5 Å². The molecule has 0 atom stereocenters. The average molecular weight is 494 g/mol. The summed E-state index contributed by atoms with van der Waals surface area (Å²) in [6, 6.07) is 16.6. The highest BCUT2D eigenvalue weighted by atomic mass is 32.1. The normalized spacial score (nSPS) is 10.5. The van der Waals surface area contributed by atoms with Crippen LogP contribution < -0.4 is 24.8 Å². The number of hydrogen-bond donors (Lipinski definition) is 2. The lowest BCUT2D eigenvalue weighted by atomic mass is 10.1. The Hall–Kier alpha value is -4.11. The fourth-order valence-corrected chi connectivity index (χ4v) is 4.52. The quantitative estimate of drug-likeness (QED) is 0.303. The second-order valence-electron chi connectivity index (χ2n) is 7.49. The Morgan fingerprint density at radius 2 is 1.40 bits per heavy atom. The molecule has 3 aromatic carbocycles. The van der Waals surface area contributed by atoms with E-state index in [0.29, 0.717) is 28.6 Å².